The van der Waals surface area contributed by atoms with E-state index in [9.17, 15) is 8.42 Å². The minimum Gasteiger partial charge on any atom is -0.412 e. The van der Waals surface area contributed by atoms with Crippen LogP contribution in [-0.2, 0) is 20.9 Å². The Morgan fingerprint density at radius 3 is 2.39 bits per heavy atom. The second-order valence-corrected chi connectivity index (χ2v) is 5.68. The van der Waals surface area contributed by atoms with E-state index in [1.54, 1.807) is 19.4 Å². The van der Waals surface area contributed by atoms with Crippen LogP contribution in [0.1, 0.15) is 24.4 Å². The van der Waals surface area contributed by atoms with Crippen LogP contribution in [0, 0.1) is 6.92 Å². The number of aliphatic hydroxyl groups is 1. The van der Waals surface area contributed by atoms with Crippen molar-refractivity contribution in [2.45, 2.75) is 33.3 Å². The molecule has 0 aliphatic heterocycles. The van der Waals surface area contributed by atoms with E-state index in [4.69, 9.17) is 5.11 Å². The molecule has 18 heavy (non-hydrogen) atoms. The van der Waals surface area contributed by atoms with E-state index in [0.717, 1.165) is 10.6 Å². The van der Waals surface area contributed by atoms with Crippen molar-refractivity contribution in [1.82, 2.24) is 4.98 Å². The molecule has 0 spiro atoms. The number of nitrogens with two attached hydrogens (primary N) is 1. The average molecular weight is 300 g/mol. The molecule has 0 radical (unpaired) electrons. The van der Waals surface area contributed by atoms with Gasteiger partial charge in [-0.25, -0.2) is 10.1 Å². The van der Waals surface area contributed by atoms with Gasteiger partial charge in [-0.05, 0) is 20.8 Å². The van der Waals surface area contributed by atoms with E-state index >= 15 is 0 Å². The molecule has 0 aromatic carbocycles. The fraction of sp³-hybridized carbons (Fsp3) is 0.667. The van der Waals surface area contributed by atoms with E-state index in [1.807, 2.05) is 6.92 Å². The molecular formula is C9H20N2O5S2. The third-order valence-corrected chi connectivity index (χ3v) is 2.91. The molecule has 0 aliphatic carbocycles. The number of rotatable bonds is 4. The first-order chi connectivity index (χ1) is 7.72. The van der Waals surface area contributed by atoms with E-state index in [0.29, 0.717) is 6.42 Å². The van der Waals surface area contributed by atoms with Crippen LogP contribution < -0.4 is 5.14 Å². The van der Waals surface area contributed by atoms with E-state index in [-0.39, 0.29) is 18.2 Å². The largest absolute Gasteiger partial charge is 0.412 e. The van der Waals surface area contributed by atoms with Crippen molar-refractivity contribution >= 4 is 21.6 Å². The van der Waals surface area contributed by atoms with Gasteiger partial charge in [-0.3, -0.25) is 4.18 Å². The van der Waals surface area contributed by atoms with Crippen LogP contribution in [0.25, 0.3) is 0 Å². The summed E-state index contributed by atoms with van der Waals surface area (Å²) in [5.41, 5.74) is 2.62. The molecule has 5 N–H and O–H groups in total. The highest BCUT2D eigenvalue weighted by Gasteiger charge is 2.05. The van der Waals surface area contributed by atoms with Crippen LogP contribution in [-0.4, -0.2) is 36.7 Å². The van der Waals surface area contributed by atoms with Crippen molar-refractivity contribution in [3.05, 3.63) is 16.1 Å². The first kappa shape index (κ1) is 19.8. The van der Waals surface area contributed by atoms with Crippen LogP contribution in [0.3, 0.4) is 0 Å². The SMILES string of the molecule is CC(C)O.Cc1ncsc1CCOS(N)(=O)=O.O. The molecule has 1 aromatic heterocycles. The zero-order valence-corrected chi connectivity index (χ0v) is 12.2. The summed E-state index contributed by atoms with van der Waals surface area (Å²) in [6, 6.07) is 0. The molecule has 0 fully saturated rings. The molecule has 1 rings (SSSR count). The van der Waals surface area contributed by atoms with Crippen LogP contribution in [0.15, 0.2) is 5.51 Å². The Kier molecular flexibility index (Phi) is 10.3. The smallest absolute Gasteiger partial charge is 0.333 e. The van der Waals surface area contributed by atoms with Gasteiger partial charge in [0.25, 0.3) is 0 Å². The summed E-state index contributed by atoms with van der Waals surface area (Å²) in [6.07, 6.45) is 0.354. The maximum absolute atomic E-state index is 10.4. The molecule has 0 aliphatic rings. The van der Waals surface area contributed by atoms with Gasteiger partial charge in [0.15, 0.2) is 0 Å². The molecule has 0 bridgehead atoms. The molecule has 0 amide bonds. The number of aliphatic hydroxyl groups excluding tert-OH is 1. The summed E-state index contributed by atoms with van der Waals surface area (Å²) >= 11 is 1.47. The highest BCUT2D eigenvalue weighted by atomic mass is 32.2. The third kappa shape index (κ3) is 11.9. The molecule has 0 saturated carbocycles. The number of aryl methyl sites for hydroxylation is 1. The number of hydrogen-bond acceptors (Lipinski definition) is 6. The third-order valence-electron chi connectivity index (χ3n) is 1.42. The fourth-order valence-corrected chi connectivity index (χ4v) is 1.89. The van der Waals surface area contributed by atoms with E-state index < -0.39 is 10.3 Å². The van der Waals surface area contributed by atoms with Crippen molar-refractivity contribution in [2.75, 3.05) is 6.61 Å². The predicted octanol–water partition coefficient (Wildman–Crippen LogP) is -0.223. The Balaban J connectivity index is 0. The lowest BCUT2D eigenvalue weighted by Crippen LogP contribution is -2.17. The van der Waals surface area contributed by atoms with E-state index in [2.05, 4.69) is 14.3 Å². The van der Waals surface area contributed by atoms with Crippen molar-refractivity contribution in [2.24, 2.45) is 5.14 Å². The minimum atomic E-state index is -3.81. The van der Waals surface area contributed by atoms with Gasteiger partial charge in [-0.1, -0.05) is 0 Å². The Bertz CT molecular complexity index is 414. The molecule has 7 nitrogen and oxygen atoms in total. The Morgan fingerprint density at radius 1 is 1.56 bits per heavy atom. The Labute approximate surface area is 111 Å². The maximum Gasteiger partial charge on any atom is 0.333 e. The summed E-state index contributed by atoms with van der Waals surface area (Å²) in [5.74, 6) is 0. The molecule has 1 aromatic rings. The molecule has 108 valence electrons. The predicted molar refractivity (Wildman–Crippen MR) is 70.6 cm³/mol. The molecule has 0 unspecified atom stereocenters. The Morgan fingerprint density at radius 2 is 2.06 bits per heavy atom. The summed E-state index contributed by atoms with van der Waals surface area (Å²) in [5, 5.41) is 12.7. The summed E-state index contributed by atoms with van der Waals surface area (Å²) in [4.78, 5) is 5.03. The summed E-state index contributed by atoms with van der Waals surface area (Å²) in [6.45, 7) is 5.38. The summed E-state index contributed by atoms with van der Waals surface area (Å²) in [7, 11) is -3.81. The second-order valence-electron chi connectivity index (χ2n) is 3.52. The first-order valence-corrected chi connectivity index (χ1v) is 7.31. The van der Waals surface area contributed by atoms with Crippen LogP contribution in [0.4, 0.5) is 0 Å². The van der Waals surface area contributed by atoms with Gasteiger partial charge in [0.2, 0.25) is 0 Å². The topological polar surface area (TPSA) is 134 Å². The number of thiazole rings is 1. The highest BCUT2D eigenvalue weighted by molar-refractivity contribution is 7.84. The zero-order valence-electron chi connectivity index (χ0n) is 10.6. The van der Waals surface area contributed by atoms with Crippen molar-refractivity contribution in [3.8, 4) is 0 Å². The van der Waals surface area contributed by atoms with Crippen LogP contribution in [0.5, 0.6) is 0 Å². The normalized spacial score (nSPS) is 10.6. The molecule has 0 saturated heterocycles. The number of nitrogens with zero attached hydrogens (tertiary/aromatic N) is 1. The average Bonchev–Trinajstić information content (AvgIpc) is 2.48. The van der Waals surface area contributed by atoms with Gasteiger partial charge >= 0.3 is 10.3 Å². The number of aromatic nitrogens is 1. The van der Waals surface area contributed by atoms with Gasteiger partial charge in [0.1, 0.15) is 0 Å². The lowest BCUT2D eigenvalue weighted by molar-refractivity contribution is 0.216. The van der Waals surface area contributed by atoms with Gasteiger partial charge < -0.3 is 10.6 Å². The number of hydrogen-bond donors (Lipinski definition) is 2. The van der Waals surface area contributed by atoms with Gasteiger partial charge in [-0.2, -0.15) is 8.42 Å². The van der Waals surface area contributed by atoms with Crippen LogP contribution >= 0.6 is 11.3 Å². The minimum absolute atomic E-state index is 0. The Hall–Kier alpha value is -0.580. The van der Waals surface area contributed by atoms with Crippen molar-refractivity contribution < 1.29 is 23.2 Å². The molecule has 9 heteroatoms. The highest BCUT2D eigenvalue weighted by Crippen LogP contribution is 2.12. The van der Waals surface area contributed by atoms with Crippen molar-refractivity contribution in [3.63, 3.8) is 0 Å². The van der Waals surface area contributed by atoms with Crippen LogP contribution in [0.2, 0.25) is 0 Å². The first-order valence-electron chi connectivity index (χ1n) is 4.96. The van der Waals surface area contributed by atoms with Gasteiger partial charge in [-0.15, -0.1) is 11.3 Å². The molecule has 0 atom stereocenters. The fourth-order valence-electron chi connectivity index (χ4n) is 0.817. The van der Waals surface area contributed by atoms with E-state index in [1.165, 1.54) is 11.3 Å². The molecular weight excluding hydrogens is 280 g/mol. The quantitative estimate of drug-likeness (QED) is 0.792. The molecule has 1 heterocycles. The monoisotopic (exact) mass is 300 g/mol. The lowest BCUT2D eigenvalue weighted by atomic mass is 10.3. The van der Waals surface area contributed by atoms with Gasteiger partial charge in [0.05, 0.1) is 17.8 Å². The second kappa shape index (κ2) is 9.36. The lowest BCUT2D eigenvalue weighted by Gasteiger charge is -1.98. The van der Waals surface area contributed by atoms with Crippen molar-refractivity contribution in [1.29, 1.82) is 0 Å². The van der Waals surface area contributed by atoms with Gasteiger partial charge in [0, 0.05) is 17.4 Å². The standard InChI is InChI=1S/C6H10N2O3S2.C3H8O.H2O/c1-5-6(12-4-8-5)2-3-11-13(7,9)10;1-3(2)4;/h4H,2-3H2,1H3,(H2,7,9,10);3-4H,1-2H3;1H2. The zero-order chi connectivity index (χ0) is 13.5. The summed E-state index contributed by atoms with van der Waals surface area (Å²) < 4.78 is 25.2. The maximum atomic E-state index is 10.4.